The van der Waals surface area contributed by atoms with Gasteiger partial charge in [0.05, 0.1) is 25.3 Å². The van der Waals surface area contributed by atoms with Crippen molar-refractivity contribution in [1.29, 1.82) is 0 Å². The van der Waals surface area contributed by atoms with E-state index in [1.807, 2.05) is 60.7 Å². The highest BCUT2D eigenvalue weighted by molar-refractivity contribution is 6.07. The molecule has 32 heavy (non-hydrogen) atoms. The van der Waals surface area contributed by atoms with Crippen molar-refractivity contribution in [1.82, 2.24) is 4.90 Å². The van der Waals surface area contributed by atoms with E-state index >= 15 is 0 Å². The molecule has 4 aromatic rings. The Bertz CT molecular complexity index is 1390. The molecule has 2 heterocycles. The molecule has 0 saturated carbocycles. The summed E-state index contributed by atoms with van der Waals surface area (Å²) >= 11 is 0. The minimum absolute atomic E-state index is 0.113. The Labute approximate surface area is 185 Å². The van der Waals surface area contributed by atoms with Crippen LogP contribution in [0.15, 0.2) is 71.3 Å². The van der Waals surface area contributed by atoms with Crippen molar-refractivity contribution in [3.05, 3.63) is 78.0 Å². The van der Waals surface area contributed by atoms with E-state index in [0.717, 1.165) is 27.5 Å². The molecule has 0 aliphatic carbocycles. The third kappa shape index (κ3) is 3.39. The maximum atomic E-state index is 13.1. The smallest absolute Gasteiger partial charge is 0.226 e. The number of carbonyl (C=O) groups is 2. The van der Waals surface area contributed by atoms with Crippen molar-refractivity contribution in [2.45, 2.75) is 19.4 Å². The van der Waals surface area contributed by atoms with Gasteiger partial charge in [0.2, 0.25) is 11.8 Å². The molecule has 0 saturated heterocycles. The van der Waals surface area contributed by atoms with Crippen LogP contribution in [0.1, 0.15) is 30.5 Å². The Hall–Kier alpha value is -4.06. The quantitative estimate of drug-likeness (QED) is 0.468. The number of nitrogens with zero attached hydrogens (tertiary/aromatic N) is 1. The summed E-state index contributed by atoms with van der Waals surface area (Å²) in [6.45, 7) is 1.50. The van der Waals surface area contributed by atoms with Gasteiger partial charge >= 0.3 is 0 Å². The van der Waals surface area contributed by atoms with Crippen molar-refractivity contribution >= 4 is 45.5 Å². The second-order valence-electron chi connectivity index (χ2n) is 7.79. The van der Waals surface area contributed by atoms with Gasteiger partial charge in [-0.1, -0.05) is 42.5 Å². The fourth-order valence-corrected chi connectivity index (χ4v) is 4.31. The largest absolute Gasteiger partial charge is 0.495 e. The molecule has 3 aromatic carbocycles. The zero-order chi connectivity index (χ0) is 22.2. The predicted molar refractivity (Wildman–Crippen MR) is 124 cm³/mol. The minimum Gasteiger partial charge on any atom is -0.495 e. The molecule has 1 N–H and O–H groups in total. The molecule has 6 heteroatoms. The van der Waals surface area contributed by atoms with Crippen LogP contribution in [0.25, 0.3) is 28.0 Å². The highest BCUT2D eigenvalue weighted by Gasteiger charge is 2.28. The van der Waals surface area contributed by atoms with Crippen molar-refractivity contribution < 1.29 is 18.7 Å². The molecule has 1 atom stereocenters. The molecule has 1 aromatic heterocycles. The molecule has 6 nitrogen and oxygen atoms in total. The van der Waals surface area contributed by atoms with E-state index in [1.54, 1.807) is 24.3 Å². The zero-order valence-electron chi connectivity index (χ0n) is 17.8. The molecule has 0 spiro atoms. The highest BCUT2D eigenvalue weighted by atomic mass is 16.5. The van der Waals surface area contributed by atoms with Crippen LogP contribution in [-0.4, -0.2) is 23.8 Å². The molecular formula is C26H22N2O4. The number of carbonyl (C=O) groups excluding carboxylic acids is 2. The van der Waals surface area contributed by atoms with Gasteiger partial charge in [-0.25, -0.2) is 0 Å². The molecular weight excluding hydrogens is 404 g/mol. The fraction of sp³-hybridized carbons (Fsp3) is 0.154. The van der Waals surface area contributed by atoms with Crippen molar-refractivity contribution in [2.24, 2.45) is 0 Å². The number of furan rings is 1. The number of ether oxygens (including phenoxy) is 1. The first-order chi connectivity index (χ1) is 15.5. The van der Waals surface area contributed by atoms with Gasteiger partial charge in [-0.05, 0) is 29.3 Å². The first-order valence-electron chi connectivity index (χ1n) is 10.4. The summed E-state index contributed by atoms with van der Waals surface area (Å²) in [5.41, 5.74) is 3.91. The standard InChI is InChI=1S/C26H22N2O4/c1-16(29)28-12-11-17-7-3-4-8-18(17)22(28)15-26(30)27-21-14-24-20(13-25(21)31-2)19-9-5-6-10-23(19)32-24/h3-14,22H,15H2,1-2H3,(H,27,30). The van der Waals surface area contributed by atoms with Crippen molar-refractivity contribution in [2.75, 3.05) is 12.4 Å². The van der Waals surface area contributed by atoms with E-state index in [4.69, 9.17) is 9.15 Å². The molecule has 1 unspecified atom stereocenters. The van der Waals surface area contributed by atoms with Crippen LogP contribution in [0.2, 0.25) is 0 Å². The summed E-state index contributed by atoms with van der Waals surface area (Å²) in [6.07, 6.45) is 3.75. The Morgan fingerprint density at radius 1 is 1.03 bits per heavy atom. The van der Waals surface area contributed by atoms with Gasteiger partial charge in [-0.2, -0.15) is 0 Å². The van der Waals surface area contributed by atoms with Crippen LogP contribution < -0.4 is 10.1 Å². The van der Waals surface area contributed by atoms with Crippen LogP contribution >= 0.6 is 0 Å². The summed E-state index contributed by atoms with van der Waals surface area (Å²) in [6, 6.07) is 18.8. The second-order valence-corrected chi connectivity index (χ2v) is 7.79. The number of nitrogens with one attached hydrogen (secondary N) is 1. The molecule has 1 aliphatic rings. The van der Waals surface area contributed by atoms with E-state index in [-0.39, 0.29) is 24.3 Å². The number of rotatable bonds is 4. The van der Waals surface area contributed by atoms with E-state index in [2.05, 4.69) is 5.32 Å². The van der Waals surface area contributed by atoms with Gasteiger partial charge in [-0.3, -0.25) is 9.59 Å². The van der Waals surface area contributed by atoms with Crippen LogP contribution in [-0.2, 0) is 9.59 Å². The van der Waals surface area contributed by atoms with Gasteiger partial charge in [-0.15, -0.1) is 0 Å². The van der Waals surface area contributed by atoms with Crippen molar-refractivity contribution in [3.63, 3.8) is 0 Å². The Morgan fingerprint density at radius 3 is 2.62 bits per heavy atom. The summed E-state index contributed by atoms with van der Waals surface area (Å²) in [5, 5.41) is 4.86. The molecule has 5 rings (SSSR count). The van der Waals surface area contributed by atoms with Gasteiger partial charge in [0.1, 0.15) is 16.9 Å². The predicted octanol–water partition coefficient (Wildman–Crippen LogP) is 5.50. The summed E-state index contributed by atoms with van der Waals surface area (Å²) in [5.74, 6) is 0.208. The van der Waals surface area contributed by atoms with Crippen LogP contribution in [0, 0.1) is 0 Å². The Kier molecular flexibility index (Phi) is 4.90. The zero-order valence-corrected chi connectivity index (χ0v) is 17.8. The monoisotopic (exact) mass is 426 g/mol. The van der Waals surface area contributed by atoms with E-state index in [1.165, 1.54) is 6.92 Å². The molecule has 0 bridgehead atoms. The van der Waals surface area contributed by atoms with Crippen LogP contribution in [0.3, 0.4) is 0 Å². The lowest BCUT2D eigenvalue weighted by molar-refractivity contribution is -0.129. The van der Waals surface area contributed by atoms with Crippen molar-refractivity contribution in [3.8, 4) is 5.75 Å². The number of amides is 2. The lowest BCUT2D eigenvalue weighted by Crippen LogP contribution is -2.33. The number of anilines is 1. The molecule has 1 aliphatic heterocycles. The normalized spacial score (nSPS) is 15.1. The van der Waals surface area contributed by atoms with Crippen LogP contribution in [0.4, 0.5) is 5.69 Å². The number of hydrogen-bond acceptors (Lipinski definition) is 4. The third-order valence-electron chi connectivity index (χ3n) is 5.82. The molecule has 0 fully saturated rings. The second kappa shape index (κ2) is 7.89. The molecule has 0 radical (unpaired) electrons. The average molecular weight is 426 g/mol. The van der Waals surface area contributed by atoms with E-state index in [9.17, 15) is 9.59 Å². The van der Waals surface area contributed by atoms with E-state index < -0.39 is 0 Å². The van der Waals surface area contributed by atoms with Crippen LogP contribution in [0.5, 0.6) is 5.75 Å². The average Bonchev–Trinajstić information content (AvgIpc) is 3.15. The number of fused-ring (bicyclic) bond motifs is 4. The molecule has 2 amide bonds. The Balaban J connectivity index is 1.46. The lowest BCUT2D eigenvalue weighted by Gasteiger charge is -2.32. The highest BCUT2D eigenvalue weighted by Crippen LogP contribution is 2.37. The first-order valence-corrected chi connectivity index (χ1v) is 10.4. The number of hydrogen-bond donors (Lipinski definition) is 1. The third-order valence-corrected chi connectivity index (χ3v) is 5.82. The van der Waals surface area contributed by atoms with Gasteiger partial charge in [0.15, 0.2) is 0 Å². The summed E-state index contributed by atoms with van der Waals surface area (Å²) in [7, 11) is 1.57. The first kappa shape index (κ1) is 19.9. The fourth-order valence-electron chi connectivity index (χ4n) is 4.31. The number of benzene rings is 3. The topological polar surface area (TPSA) is 71.8 Å². The van der Waals surface area contributed by atoms with Gasteiger partial charge in [0.25, 0.3) is 0 Å². The maximum Gasteiger partial charge on any atom is 0.226 e. The lowest BCUT2D eigenvalue weighted by atomic mass is 9.93. The molecule has 160 valence electrons. The SMILES string of the molecule is COc1cc2c(cc1NC(=O)CC1c3ccccc3C=CN1C(C)=O)oc1ccccc12. The van der Waals surface area contributed by atoms with Gasteiger partial charge < -0.3 is 19.4 Å². The maximum absolute atomic E-state index is 13.1. The summed E-state index contributed by atoms with van der Waals surface area (Å²) in [4.78, 5) is 26.9. The van der Waals surface area contributed by atoms with E-state index in [0.29, 0.717) is 17.0 Å². The summed E-state index contributed by atoms with van der Waals surface area (Å²) < 4.78 is 11.5. The number of para-hydroxylation sites is 1. The Morgan fingerprint density at radius 2 is 1.81 bits per heavy atom. The minimum atomic E-state index is -0.380. The van der Waals surface area contributed by atoms with Gasteiger partial charge in [0, 0.05) is 30.0 Å². The number of methoxy groups -OCH3 is 1.